The first-order chi connectivity index (χ1) is 18.8. The molecule has 5 rings (SSSR count). The third-order valence-corrected chi connectivity index (χ3v) is 8.13. The number of aromatic nitrogens is 3. The molecule has 0 saturated carbocycles. The number of nitrogens with zero attached hydrogens (tertiary/aromatic N) is 4. The fourth-order valence-electron chi connectivity index (χ4n) is 5.89. The molecule has 1 fully saturated rings. The van der Waals surface area contributed by atoms with Gasteiger partial charge in [0.15, 0.2) is 0 Å². The molecule has 0 radical (unpaired) electrons. The average molecular weight is 525 g/mol. The van der Waals surface area contributed by atoms with Gasteiger partial charge < -0.3 is 4.74 Å². The summed E-state index contributed by atoms with van der Waals surface area (Å²) in [6, 6.07) is 20.2. The summed E-state index contributed by atoms with van der Waals surface area (Å²) in [6.45, 7) is 11.2. The normalized spacial score (nSPS) is 16.9. The monoisotopic (exact) mass is 524 g/mol. The lowest BCUT2D eigenvalue weighted by Gasteiger charge is -2.30. The Balaban J connectivity index is 1.57. The zero-order valence-corrected chi connectivity index (χ0v) is 23.3. The van der Waals surface area contributed by atoms with Gasteiger partial charge >= 0.3 is 6.09 Å². The molecule has 0 bridgehead atoms. The number of hydrogen-bond donors (Lipinski definition) is 0. The highest BCUT2D eigenvalue weighted by Crippen LogP contribution is 2.38. The summed E-state index contributed by atoms with van der Waals surface area (Å²) in [4.78, 5) is 28.4. The molecule has 1 saturated heterocycles. The molecule has 1 aliphatic heterocycles. The summed E-state index contributed by atoms with van der Waals surface area (Å²) in [5.41, 5.74) is 8.42. The van der Waals surface area contributed by atoms with E-state index < -0.39 is 12.0 Å². The minimum Gasteiger partial charge on any atom is -0.447 e. The lowest BCUT2D eigenvalue weighted by atomic mass is 9.78. The summed E-state index contributed by atoms with van der Waals surface area (Å²) in [7, 11) is 0. The Morgan fingerprint density at radius 1 is 1.08 bits per heavy atom. The van der Waals surface area contributed by atoms with Crippen molar-refractivity contribution in [1.82, 2.24) is 19.9 Å². The smallest absolute Gasteiger partial charge is 0.416 e. The fraction of sp³-hybridized carbons (Fsp3) is 0.375. The van der Waals surface area contributed by atoms with Crippen molar-refractivity contribution in [2.45, 2.75) is 66.0 Å². The molecule has 202 valence electrons. The van der Waals surface area contributed by atoms with Crippen LogP contribution in [-0.4, -0.2) is 44.5 Å². The van der Waals surface area contributed by atoms with Gasteiger partial charge in [-0.1, -0.05) is 73.7 Å². The molecule has 3 aromatic carbocycles. The second-order valence-corrected chi connectivity index (χ2v) is 10.5. The highest BCUT2D eigenvalue weighted by Gasteiger charge is 2.42. The maximum Gasteiger partial charge on any atom is 0.416 e. The molecule has 3 atom stereocenters. The van der Waals surface area contributed by atoms with Gasteiger partial charge in [-0.3, -0.25) is 4.79 Å². The highest BCUT2D eigenvalue weighted by atomic mass is 16.6. The maximum absolute atomic E-state index is 14.2. The topological polar surface area (TPSA) is 77.3 Å². The Kier molecular flexibility index (Phi) is 7.51. The molecular weight excluding hydrogens is 488 g/mol. The molecule has 4 aromatic rings. The second kappa shape index (κ2) is 11.0. The Bertz CT molecular complexity index is 1510. The van der Waals surface area contributed by atoms with E-state index in [1.54, 1.807) is 0 Å². The fourth-order valence-corrected chi connectivity index (χ4v) is 5.89. The maximum atomic E-state index is 14.2. The summed E-state index contributed by atoms with van der Waals surface area (Å²) >= 11 is 0. The summed E-state index contributed by atoms with van der Waals surface area (Å²) in [5, 5.41) is 8.79. The molecule has 0 unspecified atom stereocenters. The van der Waals surface area contributed by atoms with Crippen molar-refractivity contribution in [2.75, 3.05) is 6.61 Å². The molecule has 2 heterocycles. The van der Waals surface area contributed by atoms with Crippen LogP contribution in [-0.2, 0) is 28.9 Å². The highest BCUT2D eigenvalue weighted by molar-refractivity contribution is 5.95. The van der Waals surface area contributed by atoms with Gasteiger partial charge in [-0.15, -0.1) is 5.10 Å². The number of hydrogen-bond acceptors (Lipinski definition) is 5. The van der Waals surface area contributed by atoms with Crippen LogP contribution in [0.2, 0.25) is 0 Å². The Hall–Kier alpha value is -4.00. The minimum absolute atomic E-state index is 0.201. The zero-order valence-electron chi connectivity index (χ0n) is 23.3. The summed E-state index contributed by atoms with van der Waals surface area (Å²) < 4.78 is 7.29. The molecule has 0 spiro atoms. The molecule has 0 N–H and O–H groups in total. The van der Waals surface area contributed by atoms with Crippen LogP contribution in [0.1, 0.15) is 60.1 Å². The van der Waals surface area contributed by atoms with Crippen molar-refractivity contribution in [3.8, 4) is 0 Å². The molecule has 2 amide bonds. The first kappa shape index (κ1) is 26.6. The quantitative estimate of drug-likeness (QED) is 0.283. The number of ether oxygens (including phenoxy) is 1. The van der Waals surface area contributed by atoms with Gasteiger partial charge in [0, 0.05) is 18.4 Å². The molecule has 7 heteroatoms. The van der Waals surface area contributed by atoms with Gasteiger partial charge in [-0.2, -0.15) is 0 Å². The van der Waals surface area contributed by atoms with Crippen molar-refractivity contribution < 1.29 is 14.3 Å². The van der Waals surface area contributed by atoms with Crippen LogP contribution in [0.3, 0.4) is 0 Å². The van der Waals surface area contributed by atoms with Crippen molar-refractivity contribution in [3.63, 3.8) is 0 Å². The Morgan fingerprint density at radius 3 is 2.56 bits per heavy atom. The van der Waals surface area contributed by atoms with E-state index in [1.165, 1.54) is 16.0 Å². The van der Waals surface area contributed by atoms with Crippen molar-refractivity contribution >= 4 is 23.0 Å². The van der Waals surface area contributed by atoms with Gasteiger partial charge in [0.25, 0.3) is 0 Å². The number of benzene rings is 3. The van der Waals surface area contributed by atoms with Crippen LogP contribution < -0.4 is 0 Å². The van der Waals surface area contributed by atoms with Crippen LogP contribution >= 0.6 is 0 Å². The molecule has 1 aliphatic rings. The third kappa shape index (κ3) is 4.93. The van der Waals surface area contributed by atoms with E-state index in [4.69, 9.17) is 4.74 Å². The number of fused-ring (bicyclic) bond motifs is 1. The molecule has 1 aromatic heterocycles. The van der Waals surface area contributed by atoms with Crippen LogP contribution in [0, 0.1) is 19.8 Å². The van der Waals surface area contributed by atoms with Gasteiger partial charge in [0.05, 0.1) is 11.6 Å². The average Bonchev–Trinajstić information content (AvgIpc) is 3.54. The lowest BCUT2D eigenvalue weighted by Crippen LogP contribution is -2.44. The predicted octanol–water partition coefficient (Wildman–Crippen LogP) is 5.99. The SMILES string of the molecule is CCc1cc([C@@H](c2ccc3c(nnn3CC)c2C)[C@@H](C)C(=O)N2C(=O)OC[C@H]2Cc2ccccc2)ccc1C. The Labute approximate surface area is 229 Å². The third-order valence-electron chi connectivity index (χ3n) is 8.13. The number of carbonyl (C=O) groups excluding carboxylic acids is 2. The van der Waals surface area contributed by atoms with Gasteiger partial charge in [-0.25, -0.2) is 14.4 Å². The second-order valence-electron chi connectivity index (χ2n) is 10.5. The van der Waals surface area contributed by atoms with E-state index in [2.05, 4.69) is 48.4 Å². The number of amides is 2. The zero-order chi connectivity index (χ0) is 27.7. The van der Waals surface area contributed by atoms with Gasteiger partial charge in [0.1, 0.15) is 12.1 Å². The van der Waals surface area contributed by atoms with E-state index in [0.717, 1.165) is 46.3 Å². The van der Waals surface area contributed by atoms with Crippen LogP contribution in [0.4, 0.5) is 4.79 Å². The lowest BCUT2D eigenvalue weighted by molar-refractivity contribution is -0.133. The number of imide groups is 1. The molecule has 39 heavy (non-hydrogen) atoms. The van der Waals surface area contributed by atoms with Gasteiger partial charge in [-0.05, 0) is 73.1 Å². The summed E-state index contributed by atoms with van der Waals surface area (Å²) in [6.07, 6.45) is 0.892. The van der Waals surface area contributed by atoms with E-state index >= 15 is 0 Å². The number of aryl methyl sites for hydroxylation is 4. The predicted molar refractivity (Wildman–Crippen MR) is 152 cm³/mol. The Morgan fingerprint density at radius 2 is 1.85 bits per heavy atom. The minimum atomic E-state index is -0.567. The molecular formula is C32H36N4O3. The van der Waals surface area contributed by atoms with E-state index in [-0.39, 0.29) is 24.5 Å². The first-order valence-corrected chi connectivity index (χ1v) is 13.8. The van der Waals surface area contributed by atoms with Crippen LogP contribution in [0.25, 0.3) is 11.0 Å². The van der Waals surface area contributed by atoms with E-state index in [0.29, 0.717) is 6.42 Å². The van der Waals surface area contributed by atoms with Gasteiger partial charge in [0.2, 0.25) is 5.91 Å². The van der Waals surface area contributed by atoms with Crippen LogP contribution in [0.5, 0.6) is 0 Å². The number of rotatable bonds is 8. The first-order valence-electron chi connectivity index (χ1n) is 13.8. The van der Waals surface area contributed by atoms with E-state index in [9.17, 15) is 9.59 Å². The van der Waals surface area contributed by atoms with E-state index in [1.807, 2.05) is 61.9 Å². The number of carbonyl (C=O) groups is 2. The van der Waals surface area contributed by atoms with Crippen molar-refractivity contribution in [1.29, 1.82) is 0 Å². The molecule has 7 nitrogen and oxygen atoms in total. The summed E-state index contributed by atoms with van der Waals surface area (Å²) in [5.74, 6) is -1.01. The molecule has 0 aliphatic carbocycles. The van der Waals surface area contributed by atoms with Crippen molar-refractivity contribution in [3.05, 3.63) is 94.0 Å². The van der Waals surface area contributed by atoms with Crippen LogP contribution in [0.15, 0.2) is 60.7 Å². The van der Waals surface area contributed by atoms with Crippen molar-refractivity contribution in [2.24, 2.45) is 5.92 Å². The largest absolute Gasteiger partial charge is 0.447 e. The standard InChI is InChI=1S/C32H36N4O3/c1-6-24-18-25(14-13-20(24)3)29(27-15-16-28-30(21(27)4)33-34-35(28)7-2)22(5)31(37)36-26(19-39-32(36)38)17-23-11-9-8-10-12-23/h8-16,18,22,26,29H,6-7,17,19H2,1-5H3/t22-,26-,29+/m1/s1. The number of cyclic esters (lactones) is 1.